The summed E-state index contributed by atoms with van der Waals surface area (Å²) >= 11 is 0. The third-order valence-corrected chi connectivity index (χ3v) is 4.33. The smallest absolute Gasteiger partial charge is 0.316 e. The van der Waals surface area contributed by atoms with E-state index in [4.69, 9.17) is 5.73 Å². The van der Waals surface area contributed by atoms with Crippen LogP contribution in [0.2, 0.25) is 0 Å². The number of anilines is 1. The Morgan fingerprint density at radius 1 is 1.35 bits per heavy atom. The third kappa shape index (κ3) is 5.25. The zero-order valence-corrected chi connectivity index (χ0v) is 13.5. The monoisotopic (exact) mass is 319 g/mol. The first-order chi connectivity index (χ1) is 11.0. The minimum absolute atomic E-state index is 0.00268. The van der Waals surface area contributed by atoms with Crippen molar-refractivity contribution in [2.24, 2.45) is 11.7 Å². The van der Waals surface area contributed by atoms with Crippen molar-refractivity contribution >= 4 is 17.5 Å². The third-order valence-electron chi connectivity index (χ3n) is 4.33. The van der Waals surface area contributed by atoms with Gasteiger partial charge in [0.15, 0.2) is 5.78 Å². The van der Waals surface area contributed by atoms with Gasteiger partial charge in [-0.2, -0.15) is 0 Å². The van der Waals surface area contributed by atoms with E-state index >= 15 is 0 Å². The van der Waals surface area contributed by atoms with E-state index in [0.29, 0.717) is 12.0 Å². The number of benzene rings is 1. The highest BCUT2D eigenvalue weighted by molar-refractivity contribution is 5.98. The second-order valence-electron chi connectivity index (χ2n) is 6.27. The van der Waals surface area contributed by atoms with Gasteiger partial charge >= 0.3 is 6.03 Å². The molecule has 2 rings (SSSR count). The number of urea groups is 1. The van der Waals surface area contributed by atoms with Crippen molar-refractivity contribution in [3.8, 4) is 5.75 Å². The number of piperidine rings is 1. The van der Waals surface area contributed by atoms with E-state index in [1.165, 1.54) is 25.0 Å². The molecule has 1 aromatic rings. The number of carbonyl (C=O) groups excluding carboxylic acids is 2. The SMILES string of the molecule is CC1CCN(CCCC(=O)c2ccc(O)c(NC(N)=O)c2)CC1. The highest BCUT2D eigenvalue weighted by Gasteiger charge is 2.16. The maximum absolute atomic E-state index is 12.2. The van der Waals surface area contributed by atoms with Crippen molar-refractivity contribution in [1.29, 1.82) is 0 Å². The molecule has 0 radical (unpaired) electrons. The normalized spacial score (nSPS) is 16.2. The number of hydrogen-bond donors (Lipinski definition) is 3. The molecule has 126 valence electrons. The Bertz CT molecular complexity index is 566. The van der Waals surface area contributed by atoms with Crippen molar-refractivity contribution in [1.82, 2.24) is 4.90 Å². The zero-order valence-electron chi connectivity index (χ0n) is 13.5. The quantitative estimate of drug-likeness (QED) is 0.554. The Morgan fingerprint density at radius 2 is 2.04 bits per heavy atom. The highest BCUT2D eigenvalue weighted by Crippen LogP contribution is 2.25. The summed E-state index contributed by atoms with van der Waals surface area (Å²) in [6, 6.07) is 3.64. The van der Waals surface area contributed by atoms with Crippen LogP contribution in [0.1, 0.15) is 43.0 Å². The fourth-order valence-corrected chi connectivity index (χ4v) is 2.84. The number of primary amides is 1. The number of nitrogens with zero attached hydrogens (tertiary/aromatic N) is 1. The molecule has 1 saturated heterocycles. The van der Waals surface area contributed by atoms with Gasteiger partial charge in [-0.3, -0.25) is 4.79 Å². The summed E-state index contributed by atoms with van der Waals surface area (Å²) in [5.41, 5.74) is 5.67. The van der Waals surface area contributed by atoms with E-state index in [1.807, 2.05) is 0 Å². The van der Waals surface area contributed by atoms with Crippen LogP contribution in [-0.4, -0.2) is 41.5 Å². The Labute approximate surface area is 136 Å². The number of hydrogen-bond acceptors (Lipinski definition) is 4. The molecule has 1 aromatic carbocycles. The first-order valence-electron chi connectivity index (χ1n) is 8.10. The summed E-state index contributed by atoms with van der Waals surface area (Å²) in [6.07, 6.45) is 3.72. The Morgan fingerprint density at radius 3 is 2.70 bits per heavy atom. The van der Waals surface area contributed by atoms with Gasteiger partial charge in [-0.15, -0.1) is 0 Å². The van der Waals surface area contributed by atoms with Crippen LogP contribution >= 0.6 is 0 Å². The Kier molecular flexibility index (Phi) is 5.98. The lowest BCUT2D eigenvalue weighted by molar-refractivity contribution is 0.0971. The topological polar surface area (TPSA) is 95.7 Å². The number of rotatable bonds is 6. The second-order valence-corrected chi connectivity index (χ2v) is 6.27. The number of Topliss-reactive ketones (excluding diaryl/α,β-unsaturated/α-hetero) is 1. The van der Waals surface area contributed by atoms with Crippen LogP contribution in [0.4, 0.5) is 10.5 Å². The molecule has 6 nitrogen and oxygen atoms in total. The predicted molar refractivity (Wildman–Crippen MR) is 89.7 cm³/mol. The molecule has 1 aliphatic heterocycles. The van der Waals surface area contributed by atoms with Gasteiger partial charge in [0.1, 0.15) is 5.75 Å². The van der Waals surface area contributed by atoms with Crippen molar-refractivity contribution in [2.45, 2.75) is 32.6 Å². The van der Waals surface area contributed by atoms with Gasteiger partial charge in [-0.1, -0.05) is 6.92 Å². The first-order valence-corrected chi connectivity index (χ1v) is 8.10. The maximum Gasteiger partial charge on any atom is 0.316 e. The van der Waals surface area contributed by atoms with E-state index in [-0.39, 0.29) is 17.2 Å². The number of phenolic OH excluding ortho intramolecular Hbond substituents is 1. The molecule has 23 heavy (non-hydrogen) atoms. The molecule has 0 spiro atoms. The molecule has 0 unspecified atom stereocenters. The van der Waals surface area contributed by atoms with E-state index < -0.39 is 6.03 Å². The van der Waals surface area contributed by atoms with Crippen LogP contribution in [0.3, 0.4) is 0 Å². The van der Waals surface area contributed by atoms with Crippen molar-refractivity contribution in [2.75, 3.05) is 25.0 Å². The summed E-state index contributed by atoms with van der Waals surface area (Å²) < 4.78 is 0. The summed E-state index contributed by atoms with van der Waals surface area (Å²) in [6.45, 7) is 5.44. The standard InChI is InChI=1S/C17H25N3O3/c1-12-6-9-20(10-7-12)8-2-3-15(21)13-4-5-16(22)14(11-13)19-17(18)23/h4-5,11-12,22H,2-3,6-10H2,1H3,(H3,18,19,23). The summed E-state index contributed by atoms with van der Waals surface area (Å²) in [5, 5.41) is 12.0. The van der Waals surface area contributed by atoms with Crippen LogP contribution in [0, 0.1) is 5.92 Å². The molecule has 2 amide bonds. The van der Waals surface area contributed by atoms with Gasteiger partial charge in [-0.05, 0) is 63.0 Å². The van der Waals surface area contributed by atoms with Gasteiger partial charge in [0.05, 0.1) is 5.69 Å². The van der Waals surface area contributed by atoms with Crippen LogP contribution in [-0.2, 0) is 0 Å². The number of likely N-dealkylation sites (tertiary alicyclic amines) is 1. The number of carbonyl (C=O) groups is 2. The van der Waals surface area contributed by atoms with E-state index in [1.54, 1.807) is 6.07 Å². The summed E-state index contributed by atoms with van der Waals surface area (Å²) in [7, 11) is 0. The van der Waals surface area contributed by atoms with Crippen molar-refractivity contribution in [3.63, 3.8) is 0 Å². The van der Waals surface area contributed by atoms with Gasteiger partial charge in [0.2, 0.25) is 0 Å². The van der Waals surface area contributed by atoms with Gasteiger partial charge in [0.25, 0.3) is 0 Å². The van der Waals surface area contributed by atoms with Gasteiger partial charge in [-0.25, -0.2) is 4.79 Å². The average Bonchev–Trinajstić information content (AvgIpc) is 2.51. The molecule has 0 aliphatic carbocycles. The summed E-state index contributed by atoms with van der Waals surface area (Å²) in [5.74, 6) is 0.701. The fourth-order valence-electron chi connectivity index (χ4n) is 2.84. The molecular formula is C17H25N3O3. The van der Waals surface area contributed by atoms with E-state index in [9.17, 15) is 14.7 Å². The number of phenols is 1. The van der Waals surface area contributed by atoms with Crippen LogP contribution in [0.5, 0.6) is 5.75 Å². The molecule has 4 N–H and O–H groups in total. The van der Waals surface area contributed by atoms with E-state index in [0.717, 1.165) is 32.0 Å². The number of nitrogens with one attached hydrogen (secondary N) is 1. The number of aromatic hydroxyl groups is 1. The van der Waals surface area contributed by atoms with Gasteiger partial charge < -0.3 is 21.1 Å². The minimum Gasteiger partial charge on any atom is -0.506 e. The Hall–Kier alpha value is -2.08. The van der Waals surface area contributed by atoms with Crippen LogP contribution in [0.25, 0.3) is 0 Å². The lowest BCUT2D eigenvalue weighted by Crippen LogP contribution is -2.33. The lowest BCUT2D eigenvalue weighted by Gasteiger charge is -2.30. The number of amides is 2. The molecule has 1 heterocycles. The molecule has 0 aromatic heterocycles. The van der Waals surface area contributed by atoms with Crippen LogP contribution in [0.15, 0.2) is 18.2 Å². The molecule has 0 saturated carbocycles. The number of nitrogens with two attached hydrogens (primary N) is 1. The van der Waals surface area contributed by atoms with Gasteiger partial charge in [0, 0.05) is 12.0 Å². The fraction of sp³-hybridized carbons (Fsp3) is 0.529. The average molecular weight is 319 g/mol. The molecule has 1 aliphatic rings. The Balaban J connectivity index is 1.84. The summed E-state index contributed by atoms with van der Waals surface area (Å²) in [4.78, 5) is 25.5. The zero-order chi connectivity index (χ0) is 16.8. The van der Waals surface area contributed by atoms with Crippen molar-refractivity contribution in [3.05, 3.63) is 23.8 Å². The molecule has 0 bridgehead atoms. The highest BCUT2D eigenvalue weighted by atomic mass is 16.3. The second kappa shape index (κ2) is 7.97. The molecule has 1 fully saturated rings. The molecule has 0 atom stereocenters. The van der Waals surface area contributed by atoms with Crippen molar-refractivity contribution < 1.29 is 14.7 Å². The predicted octanol–water partition coefficient (Wildman–Crippen LogP) is 2.58. The number of ketones is 1. The molecular weight excluding hydrogens is 294 g/mol. The lowest BCUT2D eigenvalue weighted by atomic mass is 9.99. The molecule has 6 heteroatoms. The first kappa shape index (κ1) is 17.3. The maximum atomic E-state index is 12.2. The minimum atomic E-state index is -0.774. The van der Waals surface area contributed by atoms with E-state index in [2.05, 4.69) is 17.1 Å². The largest absolute Gasteiger partial charge is 0.506 e. The van der Waals surface area contributed by atoms with Crippen LogP contribution < -0.4 is 11.1 Å².